The van der Waals surface area contributed by atoms with Crippen LogP contribution in [0.2, 0.25) is 5.02 Å². The number of nitrogens with one attached hydrogen (secondary N) is 1. The van der Waals surface area contributed by atoms with E-state index in [1.165, 1.54) is 15.3 Å². The van der Waals surface area contributed by atoms with Gasteiger partial charge in [0.1, 0.15) is 0 Å². The van der Waals surface area contributed by atoms with E-state index in [0.717, 1.165) is 9.50 Å². The smallest absolute Gasteiger partial charge is 0.0435 e. The Morgan fingerprint density at radius 3 is 2.53 bits per heavy atom. The second kappa shape index (κ2) is 6.40. The van der Waals surface area contributed by atoms with Gasteiger partial charge in [0.05, 0.1) is 0 Å². The molecular formula is C15H17BrClNS. The summed E-state index contributed by atoms with van der Waals surface area (Å²) in [6.07, 6.45) is 0. The molecule has 0 saturated carbocycles. The first-order valence-electron chi connectivity index (χ1n) is 6.25. The Morgan fingerprint density at radius 1 is 1.21 bits per heavy atom. The third-order valence-electron chi connectivity index (χ3n) is 3.11. The van der Waals surface area contributed by atoms with Crippen LogP contribution in [-0.4, -0.2) is 7.05 Å². The first-order chi connectivity index (χ1) is 9.02. The zero-order valence-electron chi connectivity index (χ0n) is 11.2. The lowest BCUT2D eigenvalue weighted by atomic mass is 10.0. The predicted molar refractivity (Wildman–Crippen MR) is 89.1 cm³/mol. The molecular weight excluding hydrogens is 342 g/mol. The fourth-order valence-electron chi connectivity index (χ4n) is 2.16. The van der Waals surface area contributed by atoms with Crippen LogP contribution in [0.3, 0.4) is 0 Å². The molecule has 2 rings (SSSR count). The van der Waals surface area contributed by atoms with Crippen LogP contribution in [0, 0.1) is 5.92 Å². The van der Waals surface area contributed by atoms with Crippen LogP contribution in [0.4, 0.5) is 0 Å². The molecule has 1 N–H and O–H groups in total. The first kappa shape index (κ1) is 15.0. The Labute approximate surface area is 132 Å². The molecule has 1 aromatic carbocycles. The van der Waals surface area contributed by atoms with Crippen LogP contribution < -0.4 is 5.32 Å². The third-order valence-corrected chi connectivity index (χ3v) is 5.20. The van der Waals surface area contributed by atoms with Crippen LogP contribution in [-0.2, 0) is 0 Å². The molecule has 1 aromatic heterocycles. The lowest BCUT2D eigenvalue weighted by Gasteiger charge is -2.18. The largest absolute Gasteiger partial charge is 0.312 e. The van der Waals surface area contributed by atoms with E-state index in [1.807, 2.05) is 30.5 Å². The van der Waals surface area contributed by atoms with Gasteiger partial charge < -0.3 is 5.32 Å². The van der Waals surface area contributed by atoms with E-state index in [2.05, 4.69) is 53.3 Å². The number of rotatable bonds is 4. The summed E-state index contributed by atoms with van der Waals surface area (Å²) in [6.45, 7) is 4.47. The van der Waals surface area contributed by atoms with Gasteiger partial charge in [0.15, 0.2) is 0 Å². The van der Waals surface area contributed by atoms with Gasteiger partial charge in [0.25, 0.3) is 0 Å². The topological polar surface area (TPSA) is 12.0 Å². The minimum Gasteiger partial charge on any atom is -0.312 e. The highest BCUT2D eigenvalue weighted by Crippen LogP contribution is 2.38. The highest BCUT2D eigenvalue weighted by Gasteiger charge is 2.16. The maximum Gasteiger partial charge on any atom is 0.0435 e. The van der Waals surface area contributed by atoms with Crippen LogP contribution in [0.15, 0.2) is 34.8 Å². The fourth-order valence-corrected chi connectivity index (χ4v) is 4.52. The third kappa shape index (κ3) is 3.40. The molecule has 0 aliphatic carbocycles. The molecule has 19 heavy (non-hydrogen) atoms. The van der Waals surface area contributed by atoms with Crippen LogP contribution in [0.5, 0.6) is 0 Å². The van der Waals surface area contributed by atoms with E-state index >= 15 is 0 Å². The molecule has 0 spiro atoms. The number of halogens is 2. The number of hydrogen-bond donors (Lipinski definition) is 1. The zero-order valence-corrected chi connectivity index (χ0v) is 14.4. The van der Waals surface area contributed by atoms with Gasteiger partial charge in [-0.15, -0.1) is 11.3 Å². The van der Waals surface area contributed by atoms with E-state index < -0.39 is 0 Å². The standard InChI is InChI=1S/C15H17BrClNS/c1-9(2)15(18-3)14-7-6-13(19-14)11-5-4-10(17)8-12(11)16/h4-9,15,18H,1-3H3. The van der Waals surface area contributed by atoms with E-state index in [9.17, 15) is 0 Å². The predicted octanol–water partition coefficient (Wildman–Crippen LogP) is 5.75. The molecule has 0 fully saturated rings. The molecule has 1 atom stereocenters. The second-order valence-corrected chi connectivity index (χ2v) is 7.24. The second-order valence-electron chi connectivity index (χ2n) is 4.84. The molecule has 0 aliphatic heterocycles. The molecule has 0 bridgehead atoms. The molecule has 4 heteroatoms. The molecule has 1 unspecified atom stereocenters. The Balaban J connectivity index is 2.35. The van der Waals surface area contributed by atoms with Gasteiger partial charge in [-0.05, 0) is 37.2 Å². The van der Waals surface area contributed by atoms with Crippen molar-refractivity contribution in [2.75, 3.05) is 7.05 Å². The van der Waals surface area contributed by atoms with Gasteiger partial charge in [-0.2, -0.15) is 0 Å². The van der Waals surface area contributed by atoms with Crippen molar-refractivity contribution in [3.8, 4) is 10.4 Å². The number of thiophene rings is 1. The van der Waals surface area contributed by atoms with Crippen LogP contribution in [0.1, 0.15) is 24.8 Å². The summed E-state index contributed by atoms with van der Waals surface area (Å²) < 4.78 is 1.04. The highest BCUT2D eigenvalue weighted by molar-refractivity contribution is 9.10. The van der Waals surface area contributed by atoms with E-state index in [-0.39, 0.29) is 0 Å². The molecule has 1 nitrogen and oxygen atoms in total. The van der Waals surface area contributed by atoms with Crippen molar-refractivity contribution in [1.29, 1.82) is 0 Å². The normalized spacial score (nSPS) is 12.9. The molecule has 1 heterocycles. The van der Waals surface area contributed by atoms with Gasteiger partial charge >= 0.3 is 0 Å². The summed E-state index contributed by atoms with van der Waals surface area (Å²) in [4.78, 5) is 2.63. The average molecular weight is 359 g/mol. The van der Waals surface area contributed by atoms with Gasteiger partial charge in [0, 0.05) is 30.9 Å². The monoisotopic (exact) mass is 357 g/mol. The average Bonchev–Trinajstić information content (AvgIpc) is 2.78. The lowest BCUT2D eigenvalue weighted by molar-refractivity contribution is 0.449. The van der Waals surface area contributed by atoms with Crippen molar-refractivity contribution >= 4 is 38.9 Å². The minimum absolute atomic E-state index is 0.407. The van der Waals surface area contributed by atoms with Crippen LogP contribution in [0.25, 0.3) is 10.4 Å². The van der Waals surface area contributed by atoms with E-state index in [4.69, 9.17) is 11.6 Å². The van der Waals surface area contributed by atoms with Crippen molar-refractivity contribution in [3.05, 3.63) is 44.7 Å². The Bertz CT molecular complexity index is 565. The maximum atomic E-state index is 5.99. The van der Waals surface area contributed by atoms with Crippen molar-refractivity contribution < 1.29 is 0 Å². The first-order valence-corrected chi connectivity index (χ1v) is 8.24. The van der Waals surface area contributed by atoms with E-state index in [0.29, 0.717) is 12.0 Å². The number of hydrogen-bond acceptors (Lipinski definition) is 2. The zero-order chi connectivity index (χ0) is 14.0. The lowest BCUT2D eigenvalue weighted by Crippen LogP contribution is -2.20. The maximum absolute atomic E-state index is 5.99. The van der Waals surface area contributed by atoms with Crippen molar-refractivity contribution in [2.24, 2.45) is 5.92 Å². The number of benzene rings is 1. The summed E-state index contributed by atoms with van der Waals surface area (Å²) >= 11 is 11.4. The Morgan fingerprint density at radius 2 is 1.95 bits per heavy atom. The summed E-state index contributed by atoms with van der Waals surface area (Å²) in [5.41, 5.74) is 1.19. The van der Waals surface area contributed by atoms with Gasteiger partial charge in [-0.1, -0.05) is 47.4 Å². The fraction of sp³-hybridized carbons (Fsp3) is 0.333. The highest BCUT2D eigenvalue weighted by atomic mass is 79.9. The Hall–Kier alpha value is -0.350. The summed E-state index contributed by atoms with van der Waals surface area (Å²) in [5.74, 6) is 0.574. The summed E-state index contributed by atoms with van der Waals surface area (Å²) in [7, 11) is 2.02. The van der Waals surface area contributed by atoms with Gasteiger partial charge in [-0.3, -0.25) is 0 Å². The molecule has 0 aliphatic rings. The SMILES string of the molecule is CNC(c1ccc(-c2ccc(Cl)cc2Br)s1)C(C)C. The van der Waals surface area contributed by atoms with Gasteiger partial charge in [-0.25, -0.2) is 0 Å². The van der Waals surface area contributed by atoms with Gasteiger partial charge in [0.2, 0.25) is 0 Å². The minimum atomic E-state index is 0.407. The summed E-state index contributed by atoms with van der Waals surface area (Å²) in [6, 6.07) is 10.7. The van der Waals surface area contributed by atoms with Crippen LogP contribution >= 0.6 is 38.9 Å². The molecule has 102 valence electrons. The van der Waals surface area contributed by atoms with Crippen molar-refractivity contribution in [2.45, 2.75) is 19.9 Å². The molecule has 2 aromatic rings. The Kier molecular flexibility index (Phi) is 5.07. The quantitative estimate of drug-likeness (QED) is 0.734. The summed E-state index contributed by atoms with van der Waals surface area (Å²) in [5, 5.41) is 4.14. The molecule has 0 saturated heterocycles. The van der Waals surface area contributed by atoms with Crippen molar-refractivity contribution in [1.82, 2.24) is 5.32 Å². The van der Waals surface area contributed by atoms with E-state index in [1.54, 1.807) is 0 Å². The molecule has 0 radical (unpaired) electrons. The van der Waals surface area contributed by atoms with Crippen molar-refractivity contribution in [3.63, 3.8) is 0 Å². The molecule has 0 amide bonds.